The Morgan fingerprint density at radius 3 is 2.46 bits per heavy atom. The molecule has 0 radical (unpaired) electrons. The van der Waals surface area contributed by atoms with Gasteiger partial charge in [0.2, 0.25) is 0 Å². The van der Waals surface area contributed by atoms with Gasteiger partial charge in [0, 0.05) is 17.1 Å². The second-order valence-electron chi connectivity index (χ2n) is 5.75. The number of para-hydroxylation sites is 1. The highest BCUT2D eigenvalue weighted by molar-refractivity contribution is 6.32. The van der Waals surface area contributed by atoms with Crippen molar-refractivity contribution >= 4 is 29.1 Å². The molecule has 0 N–H and O–H groups in total. The highest BCUT2D eigenvalue weighted by Gasteiger charge is 2.28. The molecule has 1 aliphatic heterocycles. The number of halogens is 2. The zero-order chi connectivity index (χ0) is 17.1. The van der Waals surface area contributed by atoms with Crippen LogP contribution in [-0.4, -0.2) is 23.4 Å². The van der Waals surface area contributed by atoms with Crippen LogP contribution >= 0.6 is 23.2 Å². The first-order valence-corrected chi connectivity index (χ1v) is 8.47. The van der Waals surface area contributed by atoms with Gasteiger partial charge >= 0.3 is 0 Å². The van der Waals surface area contributed by atoms with Crippen LogP contribution in [-0.2, 0) is 11.2 Å². The number of benzene rings is 2. The van der Waals surface area contributed by atoms with Crippen molar-refractivity contribution in [2.24, 2.45) is 0 Å². The van der Waals surface area contributed by atoms with E-state index >= 15 is 0 Å². The SMILES string of the molecule is C[C@H](Cc1ccccc1Cl)N1CC(Oc2ccccc2Cl)=CC1=O. The summed E-state index contributed by atoms with van der Waals surface area (Å²) in [6, 6.07) is 14.9. The van der Waals surface area contributed by atoms with E-state index in [-0.39, 0.29) is 11.9 Å². The Bertz CT molecular complexity index is 788. The predicted molar refractivity (Wildman–Crippen MR) is 96.5 cm³/mol. The lowest BCUT2D eigenvalue weighted by molar-refractivity contribution is -0.126. The molecule has 0 saturated carbocycles. The van der Waals surface area contributed by atoms with Gasteiger partial charge in [-0.2, -0.15) is 0 Å². The summed E-state index contributed by atoms with van der Waals surface area (Å²) < 4.78 is 5.77. The average molecular weight is 362 g/mol. The molecule has 0 aliphatic carbocycles. The zero-order valence-electron chi connectivity index (χ0n) is 13.2. The smallest absolute Gasteiger partial charge is 0.250 e. The van der Waals surface area contributed by atoms with E-state index in [2.05, 4.69) is 0 Å². The molecule has 3 nitrogen and oxygen atoms in total. The van der Waals surface area contributed by atoms with Crippen molar-refractivity contribution < 1.29 is 9.53 Å². The normalized spacial score (nSPS) is 15.4. The molecule has 24 heavy (non-hydrogen) atoms. The summed E-state index contributed by atoms with van der Waals surface area (Å²) in [4.78, 5) is 14.1. The Balaban J connectivity index is 1.66. The molecule has 1 amide bonds. The first-order valence-electron chi connectivity index (χ1n) is 7.71. The van der Waals surface area contributed by atoms with Crippen LogP contribution in [0.15, 0.2) is 60.4 Å². The van der Waals surface area contributed by atoms with Crippen LogP contribution in [0.2, 0.25) is 10.0 Å². The van der Waals surface area contributed by atoms with Crippen molar-refractivity contribution in [3.8, 4) is 5.75 Å². The topological polar surface area (TPSA) is 29.5 Å². The lowest BCUT2D eigenvalue weighted by Gasteiger charge is -2.25. The van der Waals surface area contributed by atoms with Crippen LogP contribution in [0.5, 0.6) is 5.75 Å². The van der Waals surface area contributed by atoms with Crippen molar-refractivity contribution in [2.75, 3.05) is 6.54 Å². The summed E-state index contributed by atoms with van der Waals surface area (Å²) in [7, 11) is 0. The van der Waals surface area contributed by atoms with Gasteiger partial charge in [-0.25, -0.2) is 0 Å². The number of carbonyl (C=O) groups is 1. The quantitative estimate of drug-likeness (QED) is 0.770. The second kappa shape index (κ2) is 7.29. The van der Waals surface area contributed by atoms with E-state index in [1.165, 1.54) is 6.08 Å². The van der Waals surface area contributed by atoms with Gasteiger partial charge < -0.3 is 9.64 Å². The van der Waals surface area contributed by atoms with Gasteiger partial charge in [-0.3, -0.25) is 4.79 Å². The number of rotatable bonds is 5. The Hall–Kier alpha value is -1.97. The lowest BCUT2D eigenvalue weighted by atomic mass is 10.1. The van der Waals surface area contributed by atoms with E-state index in [4.69, 9.17) is 27.9 Å². The molecule has 1 aliphatic rings. The Labute approximate surface area is 151 Å². The van der Waals surface area contributed by atoms with Crippen molar-refractivity contribution in [3.63, 3.8) is 0 Å². The fraction of sp³-hybridized carbons (Fsp3) is 0.211. The standard InChI is InChI=1S/C19H17Cl2NO2/c1-13(10-14-6-2-3-7-16(14)20)22-12-15(11-19(22)23)24-18-9-5-4-8-17(18)21/h2-9,11,13H,10,12H2,1H3/t13-/m1/s1. The third kappa shape index (κ3) is 3.74. The molecule has 3 rings (SSSR count). The van der Waals surface area contributed by atoms with E-state index in [1.807, 2.05) is 43.3 Å². The number of amides is 1. The fourth-order valence-electron chi connectivity index (χ4n) is 2.71. The summed E-state index contributed by atoms with van der Waals surface area (Å²) in [5.41, 5.74) is 1.03. The molecule has 0 spiro atoms. The molecule has 1 heterocycles. The first kappa shape index (κ1) is 16.9. The van der Waals surface area contributed by atoms with E-state index < -0.39 is 0 Å². The third-order valence-corrected chi connectivity index (χ3v) is 4.66. The number of hydrogen-bond donors (Lipinski definition) is 0. The fourth-order valence-corrected chi connectivity index (χ4v) is 3.10. The van der Waals surface area contributed by atoms with Crippen molar-refractivity contribution in [1.29, 1.82) is 0 Å². The molecule has 0 aromatic heterocycles. The lowest BCUT2D eigenvalue weighted by Crippen LogP contribution is -2.36. The largest absolute Gasteiger partial charge is 0.458 e. The molecule has 0 saturated heterocycles. The van der Waals surface area contributed by atoms with E-state index in [9.17, 15) is 4.79 Å². The maximum atomic E-state index is 12.3. The molecule has 2 aromatic carbocycles. The van der Waals surface area contributed by atoms with Crippen LogP contribution in [0.25, 0.3) is 0 Å². The Morgan fingerprint density at radius 2 is 1.75 bits per heavy atom. The third-order valence-electron chi connectivity index (χ3n) is 3.98. The number of hydrogen-bond acceptors (Lipinski definition) is 2. The minimum atomic E-state index is -0.0587. The zero-order valence-corrected chi connectivity index (χ0v) is 14.7. The summed E-state index contributed by atoms with van der Waals surface area (Å²) in [5.74, 6) is 1.09. The molecule has 5 heteroatoms. The van der Waals surface area contributed by atoms with Crippen LogP contribution < -0.4 is 4.74 Å². The van der Waals surface area contributed by atoms with Crippen LogP contribution in [0.3, 0.4) is 0 Å². The maximum Gasteiger partial charge on any atom is 0.250 e. The van der Waals surface area contributed by atoms with Crippen molar-refractivity contribution in [2.45, 2.75) is 19.4 Å². The van der Waals surface area contributed by atoms with Gasteiger partial charge in [0.1, 0.15) is 11.5 Å². The van der Waals surface area contributed by atoms with Crippen LogP contribution in [0.1, 0.15) is 12.5 Å². The van der Waals surface area contributed by atoms with Gasteiger partial charge in [0.05, 0.1) is 11.6 Å². The molecular formula is C19H17Cl2NO2. The van der Waals surface area contributed by atoms with E-state index in [0.29, 0.717) is 29.5 Å². The summed E-state index contributed by atoms with van der Waals surface area (Å²) >= 11 is 12.3. The van der Waals surface area contributed by atoms with Gasteiger partial charge in [-0.1, -0.05) is 53.5 Å². The van der Waals surface area contributed by atoms with Crippen molar-refractivity contribution in [3.05, 3.63) is 76.0 Å². The molecule has 0 bridgehead atoms. The first-order chi connectivity index (χ1) is 11.5. The van der Waals surface area contributed by atoms with E-state index in [1.54, 1.807) is 17.0 Å². The highest BCUT2D eigenvalue weighted by atomic mass is 35.5. The minimum absolute atomic E-state index is 0.0148. The Kier molecular flexibility index (Phi) is 5.12. The van der Waals surface area contributed by atoms with Gasteiger partial charge in [0.15, 0.2) is 0 Å². The average Bonchev–Trinajstić information content (AvgIpc) is 2.92. The van der Waals surface area contributed by atoms with Gasteiger partial charge in [-0.15, -0.1) is 0 Å². The molecule has 124 valence electrons. The van der Waals surface area contributed by atoms with Crippen LogP contribution in [0, 0.1) is 0 Å². The van der Waals surface area contributed by atoms with E-state index in [0.717, 1.165) is 10.6 Å². The van der Waals surface area contributed by atoms with Crippen LogP contribution in [0.4, 0.5) is 0 Å². The number of carbonyl (C=O) groups excluding carboxylic acids is 1. The molecule has 0 unspecified atom stereocenters. The van der Waals surface area contributed by atoms with Crippen molar-refractivity contribution in [1.82, 2.24) is 4.90 Å². The highest BCUT2D eigenvalue weighted by Crippen LogP contribution is 2.27. The summed E-state index contributed by atoms with van der Waals surface area (Å²) in [6.07, 6.45) is 2.21. The van der Waals surface area contributed by atoms with Gasteiger partial charge in [0.25, 0.3) is 5.91 Å². The maximum absolute atomic E-state index is 12.3. The Morgan fingerprint density at radius 1 is 1.08 bits per heavy atom. The molecular weight excluding hydrogens is 345 g/mol. The minimum Gasteiger partial charge on any atom is -0.458 e. The molecule has 0 fully saturated rings. The number of ether oxygens (including phenoxy) is 1. The summed E-state index contributed by atoms with van der Waals surface area (Å²) in [5, 5.41) is 1.24. The second-order valence-corrected chi connectivity index (χ2v) is 6.57. The predicted octanol–water partition coefficient (Wildman–Crippen LogP) is 4.73. The molecule has 1 atom stereocenters. The molecule has 2 aromatic rings. The monoisotopic (exact) mass is 361 g/mol. The number of nitrogens with zero attached hydrogens (tertiary/aromatic N) is 1. The summed E-state index contributed by atoms with van der Waals surface area (Å²) in [6.45, 7) is 2.43. The van der Waals surface area contributed by atoms with Gasteiger partial charge in [-0.05, 0) is 37.1 Å².